The molecule has 1 heterocycles. The average molecular weight is 377 g/mol. The number of hydrogen-bond acceptors (Lipinski definition) is 2. The molecular formula is C20H22Cl2N2O. The molecule has 1 saturated heterocycles. The van der Waals surface area contributed by atoms with Gasteiger partial charge >= 0.3 is 0 Å². The predicted molar refractivity (Wildman–Crippen MR) is 104 cm³/mol. The van der Waals surface area contributed by atoms with Crippen LogP contribution in [0.15, 0.2) is 48.5 Å². The van der Waals surface area contributed by atoms with Crippen LogP contribution in [0.3, 0.4) is 0 Å². The molecule has 2 aromatic carbocycles. The van der Waals surface area contributed by atoms with E-state index >= 15 is 0 Å². The molecule has 0 aliphatic carbocycles. The molecule has 5 heteroatoms. The SMILES string of the molecule is CC1CN(C(=O)c2ccc(Cl)c(Cl)c2)CCN1CCc1ccccc1. The molecule has 2 aromatic rings. The third kappa shape index (κ3) is 4.55. The number of rotatable bonds is 4. The molecule has 1 fully saturated rings. The number of piperazine rings is 1. The van der Waals surface area contributed by atoms with Crippen molar-refractivity contribution >= 4 is 29.1 Å². The zero-order valence-electron chi connectivity index (χ0n) is 14.3. The first-order valence-corrected chi connectivity index (χ1v) is 9.32. The summed E-state index contributed by atoms with van der Waals surface area (Å²) in [7, 11) is 0. The molecule has 0 aromatic heterocycles. The highest BCUT2D eigenvalue weighted by molar-refractivity contribution is 6.42. The van der Waals surface area contributed by atoms with Gasteiger partial charge in [-0.1, -0.05) is 53.5 Å². The van der Waals surface area contributed by atoms with Crippen molar-refractivity contribution in [3.63, 3.8) is 0 Å². The van der Waals surface area contributed by atoms with E-state index in [-0.39, 0.29) is 5.91 Å². The van der Waals surface area contributed by atoms with Crippen LogP contribution in [0.2, 0.25) is 10.0 Å². The first kappa shape index (κ1) is 18.2. The van der Waals surface area contributed by atoms with Crippen LogP contribution in [-0.2, 0) is 6.42 Å². The summed E-state index contributed by atoms with van der Waals surface area (Å²) in [5.41, 5.74) is 1.95. The number of amides is 1. The molecule has 3 nitrogen and oxygen atoms in total. The Hall–Kier alpha value is -1.55. The van der Waals surface area contributed by atoms with Crippen molar-refractivity contribution in [1.82, 2.24) is 9.80 Å². The lowest BCUT2D eigenvalue weighted by atomic mass is 10.1. The maximum Gasteiger partial charge on any atom is 0.254 e. The number of benzene rings is 2. The summed E-state index contributed by atoms with van der Waals surface area (Å²) in [6, 6.07) is 15.9. The molecule has 0 radical (unpaired) electrons. The Morgan fingerprint density at radius 3 is 2.52 bits per heavy atom. The Morgan fingerprint density at radius 1 is 1.08 bits per heavy atom. The number of nitrogens with zero attached hydrogens (tertiary/aromatic N) is 2. The molecule has 0 saturated carbocycles. The predicted octanol–water partition coefficient (Wildman–Crippen LogP) is 4.38. The number of carbonyl (C=O) groups is 1. The average Bonchev–Trinajstić information content (AvgIpc) is 2.63. The highest BCUT2D eigenvalue weighted by atomic mass is 35.5. The van der Waals surface area contributed by atoms with Crippen LogP contribution >= 0.6 is 23.2 Å². The minimum Gasteiger partial charge on any atom is -0.336 e. The second kappa shape index (κ2) is 8.22. The minimum atomic E-state index is 0.0214. The first-order chi connectivity index (χ1) is 12.0. The molecule has 1 atom stereocenters. The fraction of sp³-hybridized carbons (Fsp3) is 0.350. The fourth-order valence-electron chi connectivity index (χ4n) is 3.24. The van der Waals surface area contributed by atoms with Crippen LogP contribution in [0.1, 0.15) is 22.8 Å². The monoisotopic (exact) mass is 376 g/mol. The number of carbonyl (C=O) groups excluding carboxylic acids is 1. The number of halogens is 2. The van der Waals surface area contributed by atoms with Crippen LogP contribution in [-0.4, -0.2) is 47.9 Å². The van der Waals surface area contributed by atoms with Crippen molar-refractivity contribution in [3.8, 4) is 0 Å². The van der Waals surface area contributed by atoms with Gasteiger partial charge in [-0.3, -0.25) is 9.69 Å². The first-order valence-electron chi connectivity index (χ1n) is 8.57. The van der Waals surface area contributed by atoms with E-state index < -0.39 is 0 Å². The van der Waals surface area contributed by atoms with Gasteiger partial charge in [-0.2, -0.15) is 0 Å². The molecule has 132 valence electrons. The zero-order chi connectivity index (χ0) is 17.8. The molecule has 0 N–H and O–H groups in total. The maximum atomic E-state index is 12.7. The van der Waals surface area contributed by atoms with Crippen molar-refractivity contribution in [2.75, 3.05) is 26.2 Å². The second-order valence-electron chi connectivity index (χ2n) is 6.50. The Bertz CT molecular complexity index is 736. The summed E-state index contributed by atoms with van der Waals surface area (Å²) in [5, 5.41) is 0.888. The molecule has 0 spiro atoms. The van der Waals surface area contributed by atoms with Crippen LogP contribution < -0.4 is 0 Å². The van der Waals surface area contributed by atoms with Crippen molar-refractivity contribution in [1.29, 1.82) is 0 Å². The van der Waals surface area contributed by atoms with Gasteiger partial charge in [0.05, 0.1) is 10.0 Å². The van der Waals surface area contributed by atoms with Crippen molar-refractivity contribution < 1.29 is 4.79 Å². The van der Waals surface area contributed by atoms with Crippen LogP contribution in [0.5, 0.6) is 0 Å². The van der Waals surface area contributed by atoms with E-state index in [0.29, 0.717) is 21.7 Å². The van der Waals surface area contributed by atoms with Crippen molar-refractivity contribution in [3.05, 3.63) is 69.7 Å². The molecule has 3 rings (SSSR count). The fourth-order valence-corrected chi connectivity index (χ4v) is 3.54. The van der Waals surface area contributed by atoms with Gasteiger partial charge in [-0.05, 0) is 37.1 Å². The largest absolute Gasteiger partial charge is 0.336 e. The van der Waals surface area contributed by atoms with Crippen molar-refractivity contribution in [2.45, 2.75) is 19.4 Å². The standard InChI is InChI=1S/C20H22Cl2N2O/c1-15-14-24(20(25)17-7-8-18(21)19(22)13-17)12-11-23(15)10-9-16-5-3-2-4-6-16/h2-8,13,15H,9-12,14H2,1H3. The van der Waals surface area contributed by atoms with Crippen LogP contribution in [0.4, 0.5) is 0 Å². The van der Waals surface area contributed by atoms with Gasteiger partial charge in [-0.15, -0.1) is 0 Å². The third-order valence-electron chi connectivity index (χ3n) is 4.75. The van der Waals surface area contributed by atoms with E-state index in [0.717, 1.165) is 32.6 Å². The smallest absolute Gasteiger partial charge is 0.254 e. The zero-order valence-corrected chi connectivity index (χ0v) is 15.8. The van der Waals surface area contributed by atoms with E-state index in [4.69, 9.17) is 23.2 Å². The highest BCUT2D eigenvalue weighted by Gasteiger charge is 2.27. The summed E-state index contributed by atoms with van der Waals surface area (Å²) in [5.74, 6) is 0.0214. The highest BCUT2D eigenvalue weighted by Crippen LogP contribution is 2.24. The summed E-state index contributed by atoms with van der Waals surface area (Å²) in [6.45, 7) is 5.55. The van der Waals surface area contributed by atoms with Crippen LogP contribution in [0.25, 0.3) is 0 Å². The molecular weight excluding hydrogens is 355 g/mol. The molecule has 1 amide bonds. The van der Waals surface area contributed by atoms with E-state index in [2.05, 4.69) is 36.1 Å². The Morgan fingerprint density at radius 2 is 1.84 bits per heavy atom. The Labute approximate surface area is 159 Å². The lowest BCUT2D eigenvalue weighted by molar-refractivity contribution is 0.0518. The molecule has 1 unspecified atom stereocenters. The molecule has 1 aliphatic heterocycles. The lowest BCUT2D eigenvalue weighted by Gasteiger charge is -2.40. The normalized spacial score (nSPS) is 18.4. The van der Waals surface area contributed by atoms with Crippen molar-refractivity contribution in [2.24, 2.45) is 0 Å². The Balaban J connectivity index is 1.57. The summed E-state index contributed by atoms with van der Waals surface area (Å²) in [6.07, 6.45) is 1.03. The van der Waals surface area contributed by atoms with Gasteiger partial charge in [0.2, 0.25) is 0 Å². The third-order valence-corrected chi connectivity index (χ3v) is 5.49. The maximum absolute atomic E-state index is 12.7. The van der Waals surface area contributed by atoms with Gasteiger partial charge in [0.1, 0.15) is 0 Å². The quantitative estimate of drug-likeness (QED) is 0.790. The van der Waals surface area contributed by atoms with Gasteiger partial charge in [0, 0.05) is 37.8 Å². The second-order valence-corrected chi connectivity index (χ2v) is 7.32. The summed E-state index contributed by atoms with van der Waals surface area (Å²) in [4.78, 5) is 17.1. The van der Waals surface area contributed by atoms with Gasteiger partial charge in [-0.25, -0.2) is 0 Å². The topological polar surface area (TPSA) is 23.6 Å². The minimum absolute atomic E-state index is 0.0214. The molecule has 25 heavy (non-hydrogen) atoms. The van der Waals surface area contributed by atoms with Gasteiger partial charge in [0.15, 0.2) is 0 Å². The Kier molecular flexibility index (Phi) is 6.00. The summed E-state index contributed by atoms with van der Waals surface area (Å²) >= 11 is 12.0. The summed E-state index contributed by atoms with van der Waals surface area (Å²) < 4.78 is 0. The number of hydrogen-bond donors (Lipinski definition) is 0. The van der Waals surface area contributed by atoms with E-state index in [1.807, 2.05) is 11.0 Å². The molecule has 0 bridgehead atoms. The van der Waals surface area contributed by atoms with E-state index in [1.54, 1.807) is 18.2 Å². The van der Waals surface area contributed by atoms with Gasteiger partial charge < -0.3 is 4.90 Å². The van der Waals surface area contributed by atoms with E-state index in [9.17, 15) is 4.79 Å². The van der Waals surface area contributed by atoms with Gasteiger partial charge in [0.25, 0.3) is 5.91 Å². The lowest BCUT2D eigenvalue weighted by Crippen LogP contribution is -2.54. The molecule has 1 aliphatic rings. The van der Waals surface area contributed by atoms with E-state index in [1.165, 1.54) is 5.56 Å². The van der Waals surface area contributed by atoms with Crippen LogP contribution in [0, 0.1) is 0 Å².